The Morgan fingerprint density at radius 3 is 2.69 bits per heavy atom. The monoisotopic (exact) mass is 480 g/mol. The van der Waals surface area contributed by atoms with E-state index in [2.05, 4.69) is 25.4 Å². The highest BCUT2D eigenvalue weighted by atomic mass is 16.7. The average Bonchev–Trinajstić information content (AvgIpc) is 3.34. The summed E-state index contributed by atoms with van der Waals surface area (Å²) in [5, 5.41) is 5.56. The van der Waals surface area contributed by atoms with Gasteiger partial charge in [-0.1, -0.05) is 6.07 Å². The second-order valence-electron chi connectivity index (χ2n) is 8.67. The van der Waals surface area contributed by atoms with Crippen molar-refractivity contribution in [3.8, 4) is 11.5 Å². The van der Waals surface area contributed by atoms with Crippen molar-refractivity contribution >= 4 is 29.2 Å². The van der Waals surface area contributed by atoms with Crippen LogP contribution in [0.15, 0.2) is 42.6 Å². The number of anilines is 2. The molecular weight excluding hydrogens is 452 g/mol. The van der Waals surface area contributed by atoms with Crippen molar-refractivity contribution in [2.45, 2.75) is 12.5 Å². The maximum Gasteiger partial charge on any atom is 0.243 e. The van der Waals surface area contributed by atoms with Crippen LogP contribution in [0.1, 0.15) is 6.42 Å². The fraction of sp³-hybridized carbons (Fsp3) is 0.417. The molecule has 0 saturated carbocycles. The van der Waals surface area contributed by atoms with E-state index >= 15 is 0 Å². The largest absolute Gasteiger partial charge is 0.454 e. The molecule has 35 heavy (non-hydrogen) atoms. The highest BCUT2D eigenvalue weighted by molar-refractivity contribution is 5.97. The normalized spacial score (nSPS) is 19.9. The van der Waals surface area contributed by atoms with Gasteiger partial charge in [0.1, 0.15) is 11.9 Å². The summed E-state index contributed by atoms with van der Waals surface area (Å²) < 4.78 is 10.6. The zero-order valence-electron chi connectivity index (χ0n) is 19.3. The number of pyridine rings is 1. The van der Waals surface area contributed by atoms with Crippen LogP contribution < -0.4 is 25.0 Å². The lowest BCUT2D eigenvalue weighted by Crippen LogP contribution is -2.60. The first-order valence-electron chi connectivity index (χ1n) is 11.7. The van der Waals surface area contributed by atoms with E-state index in [0.29, 0.717) is 30.3 Å². The minimum Gasteiger partial charge on any atom is -0.454 e. The van der Waals surface area contributed by atoms with Gasteiger partial charge in [-0.2, -0.15) is 0 Å². The van der Waals surface area contributed by atoms with E-state index < -0.39 is 6.04 Å². The fourth-order valence-corrected chi connectivity index (χ4v) is 4.54. The Balaban J connectivity index is 1.16. The molecular formula is C24H28N6O5. The summed E-state index contributed by atoms with van der Waals surface area (Å²) >= 11 is 0. The fourth-order valence-electron chi connectivity index (χ4n) is 4.54. The number of aromatic nitrogens is 1. The van der Waals surface area contributed by atoms with E-state index in [1.54, 1.807) is 24.4 Å². The first kappa shape index (κ1) is 22.9. The third kappa shape index (κ3) is 5.29. The van der Waals surface area contributed by atoms with E-state index in [1.807, 2.05) is 18.2 Å². The zero-order valence-corrected chi connectivity index (χ0v) is 19.3. The van der Waals surface area contributed by atoms with Crippen LogP contribution in [-0.2, 0) is 14.4 Å². The van der Waals surface area contributed by atoms with E-state index in [9.17, 15) is 14.4 Å². The Bertz CT molecular complexity index is 1090. The molecule has 184 valence electrons. The first-order chi connectivity index (χ1) is 17.1. The van der Waals surface area contributed by atoms with E-state index in [1.165, 1.54) is 4.90 Å². The van der Waals surface area contributed by atoms with Crippen molar-refractivity contribution < 1.29 is 23.9 Å². The molecule has 1 atom stereocenters. The van der Waals surface area contributed by atoms with Gasteiger partial charge in [0.2, 0.25) is 24.5 Å². The van der Waals surface area contributed by atoms with E-state index in [0.717, 1.165) is 32.0 Å². The number of piperazine rings is 2. The molecule has 2 saturated heterocycles. The predicted molar refractivity (Wildman–Crippen MR) is 127 cm³/mol. The summed E-state index contributed by atoms with van der Waals surface area (Å²) in [4.78, 5) is 48.7. The number of fused-ring (bicyclic) bond motifs is 1. The number of rotatable bonds is 6. The molecule has 0 spiro atoms. The van der Waals surface area contributed by atoms with Crippen LogP contribution >= 0.6 is 0 Å². The number of carbonyl (C=O) groups is 3. The van der Waals surface area contributed by atoms with Gasteiger partial charge in [0.25, 0.3) is 0 Å². The molecule has 5 rings (SSSR count). The van der Waals surface area contributed by atoms with Crippen molar-refractivity contribution in [1.29, 1.82) is 0 Å². The molecule has 3 aliphatic rings. The van der Waals surface area contributed by atoms with Gasteiger partial charge < -0.3 is 29.9 Å². The van der Waals surface area contributed by atoms with Crippen LogP contribution in [0.4, 0.5) is 11.5 Å². The molecule has 0 unspecified atom stereocenters. The Labute approximate surface area is 203 Å². The number of amides is 3. The van der Waals surface area contributed by atoms with Crippen LogP contribution in [0, 0.1) is 0 Å². The number of benzene rings is 1. The summed E-state index contributed by atoms with van der Waals surface area (Å²) in [6.07, 6.45) is 1.65. The molecule has 3 aliphatic heterocycles. The van der Waals surface area contributed by atoms with Gasteiger partial charge in [-0.05, 0) is 24.3 Å². The molecule has 4 heterocycles. The Hall–Kier alpha value is -3.86. The maximum atomic E-state index is 13.2. The van der Waals surface area contributed by atoms with Crippen molar-refractivity contribution in [2.24, 2.45) is 0 Å². The molecule has 11 heteroatoms. The van der Waals surface area contributed by atoms with Gasteiger partial charge in [0.05, 0.1) is 13.0 Å². The quantitative estimate of drug-likeness (QED) is 0.606. The van der Waals surface area contributed by atoms with Crippen molar-refractivity contribution in [2.75, 3.05) is 62.8 Å². The van der Waals surface area contributed by atoms with Crippen LogP contribution in [-0.4, -0.2) is 91.2 Å². The van der Waals surface area contributed by atoms with Gasteiger partial charge in [0.15, 0.2) is 11.5 Å². The van der Waals surface area contributed by atoms with Crippen molar-refractivity contribution in [3.05, 3.63) is 42.6 Å². The number of carbonyl (C=O) groups excluding carboxylic acids is 3. The minimum absolute atomic E-state index is 0.126. The van der Waals surface area contributed by atoms with Crippen LogP contribution in [0.3, 0.4) is 0 Å². The zero-order chi connectivity index (χ0) is 24.2. The van der Waals surface area contributed by atoms with Gasteiger partial charge >= 0.3 is 0 Å². The number of ether oxygens (including phenoxy) is 2. The first-order valence-corrected chi connectivity index (χ1v) is 11.7. The SMILES string of the molecule is O=C(C[C@@H]1C(=O)NCCN1C(=O)CN1CCN(c2ccccn2)CC1)Nc1ccc2c(c1)OCO2. The number of nitrogens with one attached hydrogen (secondary N) is 2. The predicted octanol–water partition coefficient (Wildman–Crippen LogP) is 0.288. The molecule has 0 aliphatic carbocycles. The summed E-state index contributed by atoms with van der Waals surface area (Å²) in [5.41, 5.74) is 0.541. The molecule has 2 fully saturated rings. The third-order valence-corrected chi connectivity index (χ3v) is 6.39. The smallest absolute Gasteiger partial charge is 0.243 e. The second kappa shape index (κ2) is 10.2. The van der Waals surface area contributed by atoms with Gasteiger partial charge in [-0.25, -0.2) is 4.98 Å². The van der Waals surface area contributed by atoms with Crippen LogP contribution in [0.25, 0.3) is 0 Å². The third-order valence-electron chi connectivity index (χ3n) is 6.39. The van der Waals surface area contributed by atoms with Crippen molar-refractivity contribution in [3.63, 3.8) is 0 Å². The molecule has 3 amide bonds. The van der Waals surface area contributed by atoms with Gasteiger partial charge in [0, 0.05) is 57.2 Å². The van der Waals surface area contributed by atoms with Crippen LogP contribution in [0.2, 0.25) is 0 Å². The molecule has 1 aromatic carbocycles. The molecule has 0 bridgehead atoms. The molecule has 2 N–H and O–H groups in total. The van der Waals surface area contributed by atoms with Gasteiger partial charge in [-0.15, -0.1) is 0 Å². The van der Waals surface area contributed by atoms with Crippen molar-refractivity contribution in [1.82, 2.24) is 20.1 Å². The molecule has 11 nitrogen and oxygen atoms in total. The minimum atomic E-state index is -0.847. The molecule has 0 radical (unpaired) electrons. The summed E-state index contributed by atoms with van der Waals surface area (Å²) in [5.74, 6) is 1.29. The second-order valence-corrected chi connectivity index (χ2v) is 8.67. The number of hydrogen-bond acceptors (Lipinski definition) is 8. The molecule has 2 aromatic rings. The van der Waals surface area contributed by atoms with E-state index in [-0.39, 0.29) is 37.5 Å². The summed E-state index contributed by atoms with van der Waals surface area (Å²) in [6.45, 7) is 4.08. The Kier molecular flexibility index (Phi) is 6.66. The van der Waals surface area contributed by atoms with E-state index in [4.69, 9.17) is 9.47 Å². The lowest BCUT2D eigenvalue weighted by atomic mass is 10.1. The summed E-state index contributed by atoms with van der Waals surface area (Å²) in [7, 11) is 0. The standard InChI is InChI=1S/C24H28N6O5/c31-22(27-17-4-5-19-20(13-17)35-16-34-19)14-18-24(33)26-7-8-30(18)23(32)15-28-9-11-29(12-10-28)21-3-1-2-6-25-21/h1-6,13,18H,7-12,14-16H2,(H,26,33)(H,27,31)/t18-/m1/s1. The highest BCUT2D eigenvalue weighted by Gasteiger charge is 2.35. The number of hydrogen-bond donors (Lipinski definition) is 2. The summed E-state index contributed by atoms with van der Waals surface area (Å²) in [6, 6.07) is 10.1. The molecule has 1 aromatic heterocycles. The van der Waals surface area contributed by atoms with Crippen LogP contribution in [0.5, 0.6) is 11.5 Å². The van der Waals surface area contributed by atoms with Gasteiger partial charge in [-0.3, -0.25) is 19.3 Å². The lowest BCUT2D eigenvalue weighted by molar-refractivity contribution is -0.145. The average molecular weight is 481 g/mol. The Morgan fingerprint density at radius 1 is 1.06 bits per heavy atom. The Morgan fingerprint density at radius 2 is 1.89 bits per heavy atom. The number of nitrogens with zero attached hydrogens (tertiary/aromatic N) is 4. The highest BCUT2D eigenvalue weighted by Crippen LogP contribution is 2.34. The topological polar surface area (TPSA) is 116 Å². The maximum absolute atomic E-state index is 13.2. The lowest BCUT2D eigenvalue weighted by Gasteiger charge is -2.38.